The predicted molar refractivity (Wildman–Crippen MR) is 71.3 cm³/mol. The van der Waals surface area contributed by atoms with Gasteiger partial charge in [0, 0.05) is 7.28 Å². The third-order valence-electron chi connectivity index (χ3n) is 3.17. The largest absolute Gasteiger partial charge is 0.500 e. The van der Waals surface area contributed by atoms with Crippen molar-refractivity contribution in [1.29, 1.82) is 0 Å². The number of rotatable bonds is 4. The normalized spacial score (nSPS) is 10.2. The van der Waals surface area contributed by atoms with Gasteiger partial charge in [-0.05, 0) is 12.1 Å². The van der Waals surface area contributed by atoms with Crippen molar-refractivity contribution in [3.05, 3.63) is 59.9 Å². The van der Waals surface area contributed by atoms with Gasteiger partial charge in [-0.2, -0.15) is 11.8 Å². The fourth-order valence-electron chi connectivity index (χ4n) is 2.23. The van der Waals surface area contributed by atoms with Crippen molar-refractivity contribution in [2.24, 2.45) is 0 Å². The summed E-state index contributed by atoms with van der Waals surface area (Å²) in [5.41, 5.74) is 2.34. The first-order chi connectivity index (χ1) is 8.29. The molecule has 1 nitrogen and oxygen atoms in total. The van der Waals surface area contributed by atoms with E-state index in [1.807, 2.05) is 18.2 Å². The molecular formula is C14H15BFO-. The molecule has 0 fully saturated rings. The molecule has 0 heterocycles. The second-order valence-corrected chi connectivity index (χ2v) is 4.31. The number of hydrogen-bond donors (Lipinski definition) is 0. The van der Waals surface area contributed by atoms with Crippen molar-refractivity contribution in [3.8, 4) is 5.75 Å². The van der Waals surface area contributed by atoms with Gasteiger partial charge >= 0.3 is 0 Å². The summed E-state index contributed by atoms with van der Waals surface area (Å²) in [4.78, 5) is 0. The van der Waals surface area contributed by atoms with Crippen LogP contribution in [0.1, 0.15) is 5.56 Å². The first kappa shape index (κ1) is 11.7. The quantitative estimate of drug-likeness (QED) is 0.726. The number of benzene rings is 2. The minimum absolute atomic E-state index is 0.183. The summed E-state index contributed by atoms with van der Waals surface area (Å²) in [6.45, 7) is 0. The molecule has 0 aromatic heterocycles. The van der Waals surface area contributed by atoms with Crippen LogP contribution in [0.3, 0.4) is 0 Å². The topological polar surface area (TPSA) is 9.23 Å². The Hall–Kier alpha value is -1.77. The molecule has 0 radical (unpaired) electrons. The molecule has 2 aromatic rings. The van der Waals surface area contributed by atoms with Crippen LogP contribution >= 0.6 is 0 Å². The Morgan fingerprint density at radius 1 is 1.12 bits per heavy atom. The van der Waals surface area contributed by atoms with E-state index in [0.717, 1.165) is 17.5 Å². The van der Waals surface area contributed by atoms with Gasteiger partial charge in [-0.1, -0.05) is 42.0 Å². The molecule has 0 amide bonds. The van der Waals surface area contributed by atoms with E-state index >= 15 is 0 Å². The van der Waals surface area contributed by atoms with Gasteiger partial charge in [0.15, 0.2) is 0 Å². The third kappa shape index (κ3) is 3.10. The molecule has 0 saturated carbocycles. The molecule has 2 rings (SSSR count). The molecule has 0 N–H and O–H groups in total. The number of ether oxygens (including phenoxy) is 1. The summed E-state index contributed by atoms with van der Waals surface area (Å²) in [5.74, 6) is 0.625. The standard InChI is InChI=1S/C14H15BFO/c1-17-14-8-7-12(16)9-13(14)15-10-11-5-3-2-4-6-11/h2-9H,10,15H2,1H3/q-1. The minimum Gasteiger partial charge on any atom is -0.500 e. The van der Waals surface area contributed by atoms with Crippen molar-refractivity contribution >= 4 is 12.7 Å². The highest BCUT2D eigenvalue weighted by atomic mass is 19.1. The van der Waals surface area contributed by atoms with E-state index in [1.54, 1.807) is 19.2 Å². The molecule has 88 valence electrons. The highest BCUT2D eigenvalue weighted by molar-refractivity contribution is 6.54. The molecule has 17 heavy (non-hydrogen) atoms. The summed E-state index contributed by atoms with van der Waals surface area (Å²) < 4.78 is 18.4. The Balaban J connectivity index is 2.11. The number of hydrogen-bond acceptors (Lipinski definition) is 1. The van der Waals surface area contributed by atoms with Crippen LogP contribution in [-0.2, 0) is 6.32 Å². The van der Waals surface area contributed by atoms with Crippen LogP contribution in [0.25, 0.3) is 0 Å². The van der Waals surface area contributed by atoms with E-state index in [4.69, 9.17) is 4.74 Å². The lowest BCUT2D eigenvalue weighted by Crippen LogP contribution is -2.19. The van der Waals surface area contributed by atoms with E-state index in [1.165, 1.54) is 11.6 Å². The Labute approximate surface area is 101 Å². The van der Waals surface area contributed by atoms with Crippen LogP contribution in [0.4, 0.5) is 4.39 Å². The average Bonchev–Trinajstić information content (AvgIpc) is 2.38. The Morgan fingerprint density at radius 3 is 2.59 bits per heavy atom. The van der Waals surface area contributed by atoms with Gasteiger partial charge in [0.05, 0.1) is 12.9 Å². The highest BCUT2D eigenvalue weighted by Gasteiger charge is 1.99. The van der Waals surface area contributed by atoms with Crippen LogP contribution < -0.4 is 10.2 Å². The maximum atomic E-state index is 13.2. The zero-order valence-corrected chi connectivity index (χ0v) is 10.1. The lowest BCUT2D eigenvalue weighted by molar-refractivity contribution is 0.417. The fraction of sp³-hybridized carbons (Fsp3) is 0.143. The number of halogens is 1. The number of methoxy groups -OCH3 is 1. The molecule has 0 bridgehead atoms. The van der Waals surface area contributed by atoms with Crippen LogP contribution in [-0.4, -0.2) is 14.4 Å². The SMILES string of the molecule is COc1ccc(F)cc1[BH2-]Cc1ccccc1. The van der Waals surface area contributed by atoms with Gasteiger partial charge in [-0.3, -0.25) is 0 Å². The smallest absolute Gasteiger partial charge is 0.120 e. The minimum atomic E-state index is -0.404. The Bertz CT molecular complexity index is 485. The zero-order chi connectivity index (χ0) is 12.1. The fourth-order valence-corrected chi connectivity index (χ4v) is 2.23. The third-order valence-corrected chi connectivity index (χ3v) is 3.17. The van der Waals surface area contributed by atoms with Gasteiger partial charge in [-0.15, -0.1) is 0 Å². The summed E-state index contributed by atoms with van der Waals surface area (Å²) in [6, 6.07) is 15.0. The van der Waals surface area contributed by atoms with Crippen LogP contribution in [0.15, 0.2) is 48.5 Å². The molecule has 0 spiro atoms. The van der Waals surface area contributed by atoms with E-state index in [9.17, 15) is 4.39 Å². The summed E-state index contributed by atoms with van der Waals surface area (Å²) in [5, 5.41) is 0. The molecule has 0 unspecified atom stereocenters. The molecule has 3 heteroatoms. The first-order valence-corrected chi connectivity index (χ1v) is 6.01. The lowest BCUT2D eigenvalue weighted by atomic mass is 9.65. The van der Waals surface area contributed by atoms with Crippen molar-refractivity contribution in [2.75, 3.05) is 7.11 Å². The monoisotopic (exact) mass is 229 g/mol. The molecule has 0 atom stereocenters. The van der Waals surface area contributed by atoms with Crippen molar-refractivity contribution in [1.82, 2.24) is 0 Å². The molecular weight excluding hydrogens is 214 g/mol. The zero-order valence-electron chi connectivity index (χ0n) is 10.1. The van der Waals surface area contributed by atoms with Gasteiger partial charge < -0.3 is 4.74 Å². The molecule has 0 saturated heterocycles. The first-order valence-electron chi connectivity index (χ1n) is 6.01. The van der Waals surface area contributed by atoms with Crippen molar-refractivity contribution < 1.29 is 9.13 Å². The maximum absolute atomic E-state index is 13.2. The maximum Gasteiger partial charge on any atom is 0.120 e. The van der Waals surface area contributed by atoms with Gasteiger partial charge in [0.25, 0.3) is 0 Å². The van der Waals surface area contributed by atoms with Crippen LogP contribution in [0.2, 0.25) is 0 Å². The second-order valence-electron chi connectivity index (χ2n) is 4.31. The average molecular weight is 229 g/mol. The highest BCUT2D eigenvalue weighted by Crippen LogP contribution is 2.08. The van der Waals surface area contributed by atoms with E-state index in [-0.39, 0.29) is 5.82 Å². The van der Waals surface area contributed by atoms with Crippen LogP contribution in [0, 0.1) is 5.82 Å². The van der Waals surface area contributed by atoms with E-state index in [2.05, 4.69) is 12.1 Å². The molecule has 0 aliphatic heterocycles. The van der Waals surface area contributed by atoms with Crippen molar-refractivity contribution in [2.45, 2.75) is 6.32 Å². The summed E-state index contributed by atoms with van der Waals surface area (Å²) in [6.07, 6.45) is 1.01. The molecule has 0 aliphatic rings. The Morgan fingerprint density at radius 2 is 1.88 bits per heavy atom. The Kier molecular flexibility index (Phi) is 3.81. The lowest BCUT2D eigenvalue weighted by Gasteiger charge is -2.13. The van der Waals surface area contributed by atoms with Gasteiger partial charge in [-0.25, -0.2) is 4.39 Å². The molecule has 0 aliphatic carbocycles. The van der Waals surface area contributed by atoms with Gasteiger partial charge in [0.1, 0.15) is 5.82 Å². The second kappa shape index (κ2) is 5.53. The van der Waals surface area contributed by atoms with Gasteiger partial charge in [0.2, 0.25) is 0 Å². The predicted octanol–water partition coefficient (Wildman–Crippen LogP) is 1.83. The van der Waals surface area contributed by atoms with E-state index in [0.29, 0.717) is 0 Å². The van der Waals surface area contributed by atoms with E-state index < -0.39 is 7.28 Å². The molecule has 2 aromatic carbocycles. The van der Waals surface area contributed by atoms with Crippen LogP contribution in [0.5, 0.6) is 5.75 Å². The summed E-state index contributed by atoms with van der Waals surface area (Å²) >= 11 is 0. The summed E-state index contributed by atoms with van der Waals surface area (Å²) in [7, 11) is 1.23. The van der Waals surface area contributed by atoms with Crippen molar-refractivity contribution in [3.63, 3.8) is 0 Å².